The number of nitrogens with one attached hydrogen (secondary N) is 3. The molecule has 15 rings (SSSR count). The van der Waals surface area contributed by atoms with Gasteiger partial charge in [0.1, 0.15) is 5.76 Å². The second-order valence-electron chi connectivity index (χ2n) is 24.8. The topological polar surface area (TPSA) is 207 Å². The predicted molar refractivity (Wildman–Crippen MR) is 389 cm³/mol. The highest BCUT2D eigenvalue weighted by atomic mass is 35.5. The van der Waals surface area contributed by atoms with Gasteiger partial charge in [0.2, 0.25) is 0 Å². The van der Waals surface area contributed by atoms with Crippen LogP contribution >= 0.6 is 69.6 Å². The predicted octanol–water partition coefficient (Wildman–Crippen LogP) is 17.7. The molecule has 2 aliphatic heterocycles. The van der Waals surface area contributed by atoms with Crippen molar-refractivity contribution in [2.45, 2.75) is 102 Å². The summed E-state index contributed by atoms with van der Waals surface area (Å²) in [5.41, 5.74) is 20.7. The smallest absolute Gasteiger partial charge is 0.286 e. The molecular formula is C75H71Cl6N11O7. The highest BCUT2D eigenvalue weighted by molar-refractivity contribution is 6.37. The van der Waals surface area contributed by atoms with Gasteiger partial charge in [-0.05, 0) is 203 Å². The minimum absolute atomic E-state index is 0.170. The van der Waals surface area contributed by atoms with Gasteiger partial charge in [-0.25, -0.2) is 24.1 Å². The molecule has 5 aliphatic rings. The maximum atomic E-state index is 13.5. The number of halogens is 6. The third kappa shape index (κ3) is 16.0. The van der Waals surface area contributed by atoms with Gasteiger partial charge < -0.3 is 23.7 Å². The Bertz CT molecular complexity index is 4440. The second-order valence-corrected chi connectivity index (χ2v) is 27.4. The van der Waals surface area contributed by atoms with Crippen LogP contribution in [-0.4, -0.2) is 95.0 Å². The molecule has 0 bridgehead atoms. The van der Waals surface area contributed by atoms with Gasteiger partial charge in [0.25, 0.3) is 17.7 Å². The van der Waals surface area contributed by atoms with Crippen LogP contribution in [0.1, 0.15) is 171 Å². The van der Waals surface area contributed by atoms with Crippen molar-refractivity contribution < 1.29 is 32.7 Å². The van der Waals surface area contributed by atoms with E-state index in [1.54, 1.807) is 87.8 Å². The number of hydrogen-bond donors (Lipinski definition) is 4. The molecule has 10 aromatic rings. The SMILES string of the molecule is O=C(NN1CCCCC1)c1nn(-c2ccc(Cl)cc2Cl)c2c1CCC/C2=C\c1ccco1.O=C(NN1CCCCC1)c1nn(-c2ccc(Cl)cc2Cl)c2c1CCC/C2=C\c1ccoc1.O=C(N[C@H](CO)c1ccccc1)c1nn(-c2ccc(Cl)cc2Cl)c2c1CCC/C2=C\c1ccoc1. The Hall–Kier alpha value is -8.40. The van der Waals surface area contributed by atoms with E-state index in [-0.39, 0.29) is 24.3 Å². The van der Waals surface area contributed by atoms with Gasteiger partial charge >= 0.3 is 0 Å². The maximum Gasteiger partial charge on any atom is 0.286 e. The third-order valence-corrected chi connectivity index (χ3v) is 19.7. The largest absolute Gasteiger partial charge is 0.472 e. The third-order valence-electron chi connectivity index (χ3n) is 18.1. The molecule has 2 fully saturated rings. The minimum Gasteiger partial charge on any atom is -0.472 e. The molecule has 8 heterocycles. The Morgan fingerprint density at radius 3 is 1.25 bits per heavy atom. The number of aliphatic hydroxyl groups excluding tert-OH is 1. The summed E-state index contributed by atoms with van der Waals surface area (Å²) in [5.74, 6) is 0.0717. The lowest BCUT2D eigenvalue weighted by atomic mass is 9.90. The average Bonchev–Trinajstić information content (AvgIpc) is 1.63. The monoisotopic (exact) mass is 1450 g/mol. The van der Waals surface area contributed by atoms with Gasteiger partial charge in [-0.3, -0.25) is 25.2 Å². The van der Waals surface area contributed by atoms with E-state index in [0.29, 0.717) is 70.7 Å². The zero-order valence-electron chi connectivity index (χ0n) is 54.0. The normalized spacial score (nSPS) is 17.0. The summed E-state index contributed by atoms with van der Waals surface area (Å²) in [5, 5.41) is 34.2. The lowest BCUT2D eigenvalue weighted by Crippen LogP contribution is -2.45. The van der Waals surface area contributed by atoms with Crippen molar-refractivity contribution in [3.63, 3.8) is 0 Å². The summed E-state index contributed by atoms with van der Waals surface area (Å²) in [4.78, 5) is 40.0. The Morgan fingerprint density at radius 2 is 0.879 bits per heavy atom. The molecule has 6 aromatic heterocycles. The molecule has 24 heteroatoms. The first-order chi connectivity index (χ1) is 48.2. The highest BCUT2D eigenvalue weighted by Gasteiger charge is 2.34. The number of rotatable bonds is 14. The van der Waals surface area contributed by atoms with Gasteiger partial charge in [0, 0.05) is 69.1 Å². The fourth-order valence-electron chi connectivity index (χ4n) is 13.4. The molecule has 3 amide bonds. The summed E-state index contributed by atoms with van der Waals surface area (Å²) in [7, 11) is 0. The number of carbonyl (C=O) groups excluding carboxylic acids is 3. The highest BCUT2D eigenvalue weighted by Crippen LogP contribution is 2.42. The maximum absolute atomic E-state index is 13.5. The van der Waals surface area contributed by atoms with Crippen molar-refractivity contribution in [3.05, 3.63) is 244 Å². The molecular weight excluding hydrogens is 1380 g/mol. The summed E-state index contributed by atoms with van der Waals surface area (Å²) in [6.07, 6.45) is 28.8. The van der Waals surface area contributed by atoms with Gasteiger partial charge in [0.05, 0.1) is 93.2 Å². The average molecular weight is 1450 g/mol. The van der Waals surface area contributed by atoms with E-state index in [4.69, 9.17) is 98.2 Å². The molecule has 4 N–H and O–H groups in total. The molecule has 99 heavy (non-hydrogen) atoms. The van der Waals surface area contributed by atoms with Gasteiger partial charge in [-0.2, -0.15) is 15.3 Å². The first kappa shape index (κ1) is 69.1. The van der Waals surface area contributed by atoms with E-state index in [1.165, 1.54) is 12.8 Å². The number of benzene rings is 4. The molecule has 3 aliphatic carbocycles. The molecule has 1 atom stereocenters. The summed E-state index contributed by atoms with van der Waals surface area (Å²) >= 11 is 38.1. The van der Waals surface area contributed by atoms with Gasteiger partial charge in [-0.15, -0.1) is 0 Å². The number of fused-ring (bicyclic) bond motifs is 3. The van der Waals surface area contributed by atoms with E-state index in [0.717, 1.165) is 176 Å². The van der Waals surface area contributed by atoms with Crippen molar-refractivity contribution in [1.82, 2.24) is 55.5 Å². The summed E-state index contributed by atoms with van der Waals surface area (Å²) < 4.78 is 21.4. The molecule has 2 saturated heterocycles. The molecule has 0 radical (unpaired) electrons. The standard InChI is InChI=1S/C27H23Cl2N3O3.2C24H24Cl2N4O2/c28-20-9-10-24(22(29)14-20)32-26-19(13-17-11-12-35-16-17)7-4-8-21(26)25(31-32)27(34)30-23(15-33)18-5-2-1-3-6-18;25-17-9-10-21(20(26)15-17)30-23-16(14-18-7-5-13-32-18)6-4-8-19(23)22(27-30)24(31)28-29-11-2-1-3-12-29;25-18-7-8-21(20(26)14-18)30-23-17(13-16-9-12-32-15-16)5-4-6-19(23)22(27-30)24(31)28-29-10-2-1-3-11-29/h1-3,5-6,9-14,16,23,33H,4,7-8,15H2,(H,30,34);5,7,9-10,13-15H,1-4,6,8,11-12H2,(H,28,31);7-9,12-15H,1-6,10-11H2,(H,28,31)/b19-13+;16-14+;17-13+/t23-;;/m1../s1. The number of aliphatic hydroxyl groups is 1. The quantitative estimate of drug-likeness (QED) is 0.0802. The van der Waals surface area contributed by atoms with Crippen LogP contribution in [0.4, 0.5) is 0 Å². The Labute approximate surface area is 602 Å². The number of hydrazine groups is 2. The van der Waals surface area contributed by atoms with Crippen LogP contribution in [0.3, 0.4) is 0 Å². The van der Waals surface area contributed by atoms with Gasteiger partial charge in [-0.1, -0.05) is 113 Å². The fourth-order valence-corrected chi connectivity index (χ4v) is 14.9. The lowest BCUT2D eigenvalue weighted by molar-refractivity contribution is 0.0736. The number of aromatic nitrogens is 6. The second kappa shape index (κ2) is 31.9. The molecule has 0 spiro atoms. The zero-order chi connectivity index (χ0) is 68.5. The Balaban J connectivity index is 0.000000134. The molecule has 4 aromatic carbocycles. The first-order valence-corrected chi connectivity index (χ1v) is 35.5. The van der Waals surface area contributed by atoms with Crippen LogP contribution in [0.15, 0.2) is 154 Å². The molecule has 18 nitrogen and oxygen atoms in total. The first-order valence-electron chi connectivity index (χ1n) is 33.3. The van der Waals surface area contributed by atoms with Crippen molar-refractivity contribution in [3.8, 4) is 17.1 Å². The van der Waals surface area contributed by atoms with Crippen LogP contribution < -0.4 is 16.2 Å². The van der Waals surface area contributed by atoms with E-state index in [2.05, 4.69) is 22.2 Å². The van der Waals surface area contributed by atoms with Crippen LogP contribution in [0.2, 0.25) is 30.1 Å². The number of furan rings is 3. The summed E-state index contributed by atoms with van der Waals surface area (Å²) in [6.45, 7) is 3.22. The van der Waals surface area contributed by atoms with Crippen LogP contribution in [-0.2, 0) is 19.3 Å². The Kier molecular flexibility index (Phi) is 22.2. The number of carbonyl (C=O) groups is 3. The van der Waals surface area contributed by atoms with Crippen molar-refractivity contribution in [2.75, 3.05) is 32.8 Å². The number of piperidine rings is 2. The molecule has 510 valence electrons. The van der Waals surface area contributed by atoms with Crippen molar-refractivity contribution in [2.24, 2.45) is 0 Å². The van der Waals surface area contributed by atoms with E-state index in [9.17, 15) is 19.5 Å². The molecule has 0 unspecified atom stereocenters. The van der Waals surface area contributed by atoms with Crippen molar-refractivity contribution in [1.29, 1.82) is 0 Å². The lowest BCUT2D eigenvalue weighted by Gasteiger charge is -2.26. The van der Waals surface area contributed by atoms with E-state index >= 15 is 0 Å². The van der Waals surface area contributed by atoms with E-state index < -0.39 is 6.04 Å². The minimum atomic E-state index is -0.548. The summed E-state index contributed by atoms with van der Waals surface area (Å²) in [6, 6.07) is 32.2. The zero-order valence-corrected chi connectivity index (χ0v) is 58.5. The number of hydrogen-bond acceptors (Lipinski definition) is 12. The Morgan fingerprint density at radius 1 is 0.465 bits per heavy atom. The van der Waals surface area contributed by atoms with Crippen molar-refractivity contribution >= 4 is 122 Å². The molecule has 0 saturated carbocycles. The fraction of sp³-hybridized carbons (Fsp3) is 0.280. The van der Waals surface area contributed by atoms with Crippen LogP contribution in [0.5, 0.6) is 0 Å². The number of nitrogens with zero attached hydrogens (tertiary/aromatic N) is 8. The van der Waals surface area contributed by atoms with Crippen LogP contribution in [0, 0.1) is 0 Å². The number of amides is 3. The van der Waals surface area contributed by atoms with Gasteiger partial charge in [0.15, 0.2) is 17.1 Å². The number of allylic oxidation sites excluding steroid dienone is 3. The van der Waals surface area contributed by atoms with Crippen LogP contribution in [0.25, 0.3) is 52.0 Å². The van der Waals surface area contributed by atoms with E-state index in [1.807, 2.05) is 88.9 Å².